The molecule has 1 amide bonds. The van der Waals surface area contributed by atoms with Gasteiger partial charge in [-0.2, -0.15) is 0 Å². The van der Waals surface area contributed by atoms with Crippen molar-refractivity contribution in [3.63, 3.8) is 0 Å². The van der Waals surface area contributed by atoms with Crippen molar-refractivity contribution in [1.29, 1.82) is 0 Å². The zero-order chi connectivity index (χ0) is 20.3. The van der Waals surface area contributed by atoms with E-state index < -0.39 is 11.7 Å². The van der Waals surface area contributed by atoms with Crippen LogP contribution in [-0.2, 0) is 6.42 Å². The lowest BCUT2D eigenvalue weighted by Gasteiger charge is -2.10. The number of nitrogens with zero attached hydrogens (tertiary/aromatic N) is 2. The molecule has 3 rings (SSSR count). The molecule has 3 aromatic rings. The minimum absolute atomic E-state index is 0.0465. The Morgan fingerprint density at radius 2 is 1.93 bits per heavy atom. The number of aromatic nitrogens is 1. The minimum atomic E-state index is -0.569. The average Bonchev–Trinajstić information content (AvgIpc) is 3.02. The lowest BCUT2D eigenvalue weighted by molar-refractivity contribution is 0.102. The van der Waals surface area contributed by atoms with Crippen LogP contribution in [0.4, 0.5) is 10.1 Å². The second kappa shape index (κ2) is 8.54. The van der Waals surface area contributed by atoms with Crippen LogP contribution in [0.2, 0.25) is 5.02 Å². The van der Waals surface area contributed by atoms with E-state index in [1.165, 1.54) is 23.8 Å². The second-order valence-corrected chi connectivity index (χ2v) is 7.17. The number of anilines is 1. The fourth-order valence-corrected chi connectivity index (χ4v) is 3.09. The Labute approximate surface area is 168 Å². The number of likely N-dealkylation sites (N-methyl/N-ethyl adjacent to an activating group) is 1. The van der Waals surface area contributed by atoms with Crippen LogP contribution in [-0.4, -0.2) is 36.6 Å². The van der Waals surface area contributed by atoms with Crippen LogP contribution >= 0.6 is 11.6 Å². The smallest absolute Gasteiger partial charge is 0.261 e. The maximum atomic E-state index is 14.3. The van der Waals surface area contributed by atoms with Gasteiger partial charge in [0.15, 0.2) is 0 Å². The van der Waals surface area contributed by atoms with Crippen LogP contribution in [0.3, 0.4) is 0 Å². The largest absolute Gasteiger partial charge is 0.360 e. The third-order valence-electron chi connectivity index (χ3n) is 4.35. The van der Waals surface area contributed by atoms with Gasteiger partial charge in [-0.1, -0.05) is 35.0 Å². The average molecular weight is 402 g/mol. The highest BCUT2D eigenvalue weighted by molar-refractivity contribution is 6.33. The summed E-state index contributed by atoms with van der Waals surface area (Å²) in [5.41, 5.74) is 2.09. The molecular formula is C21H21ClFN3O2. The van der Waals surface area contributed by atoms with Crippen LogP contribution in [0.1, 0.15) is 21.7 Å². The molecule has 1 N–H and O–H groups in total. The molecule has 0 aliphatic rings. The molecule has 0 atom stereocenters. The standard InChI is InChI=1S/C21H21ClFN3O2/c1-13-18(20(25-28-13)19-16(22)5-4-6-17(19)23)21(27)24-15-9-7-14(8-10-15)11-12-26(2)3/h4-10H,11-12H2,1-3H3,(H,24,27). The van der Waals surface area contributed by atoms with E-state index in [0.717, 1.165) is 13.0 Å². The highest BCUT2D eigenvalue weighted by Gasteiger charge is 2.25. The molecule has 7 heteroatoms. The van der Waals surface area contributed by atoms with Gasteiger partial charge in [-0.25, -0.2) is 4.39 Å². The topological polar surface area (TPSA) is 58.4 Å². The van der Waals surface area contributed by atoms with E-state index in [2.05, 4.69) is 15.4 Å². The molecule has 0 saturated carbocycles. The fraction of sp³-hybridized carbons (Fsp3) is 0.238. The molecule has 0 spiro atoms. The summed E-state index contributed by atoms with van der Waals surface area (Å²) in [6.45, 7) is 2.54. The number of carbonyl (C=O) groups excluding carboxylic acids is 1. The maximum absolute atomic E-state index is 14.3. The third kappa shape index (κ3) is 4.40. The lowest BCUT2D eigenvalue weighted by Crippen LogP contribution is -2.15. The zero-order valence-corrected chi connectivity index (χ0v) is 16.7. The highest BCUT2D eigenvalue weighted by Crippen LogP contribution is 2.33. The van der Waals surface area contributed by atoms with Gasteiger partial charge < -0.3 is 14.7 Å². The van der Waals surface area contributed by atoms with E-state index in [9.17, 15) is 9.18 Å². The Balaban J connectivity index is 1.83. The maximum Gasteiger partial charge on any atom is 0.261 e. The summed E-state index contributed by atoms with van der Waals surface area (Å²) < 4.78 is 19.4. The first-order valence-electron chi connectivity index (χ1n) is 8.82. The third-order valence-corrected chi connectivity index (χ3v) is 4.66. The number of carbonyl (C=O) groups is 1. The minimum Gasteiger partial charge on any atom is -0.360 e. The highest BCUT2D eigenvalue weighted by atomic mass is 35.5. The van der Waals surface area contributed by atoms with Gasteiger partial charge in [-0.3, -0.25) is 4.79 Å². The van der Waals surface area contributed by atoms with Gasteiger partial charge in [0, 0.05) is 12.2 Å². The Bertz CT molecular complexity index is 964. The molecule has 0 aliphatic heterocycles. The van der Waals surface area contributed by atoms with Gasteiger partial charge in [-0.15, -0.1) is 0 Å². The Morgan fingerprint density at radius 3 is 2.57 bits per heavy atom. The van der Waals surface area contributed by atoms with Crippen molar-refractivity contribution in [3.05, 3.63) is 70.2 Å². The monoisotopic (exact) mass is 401 g/mol. The van der Waals surface area contributed by atoms with Crippen molar-refractivity contribution in [2.45, 2.75) is 13.3 Å². The molecule has 0 radical (unpaired) electrons. The molecule has 1 aromatic heterocycles. The van der Waals surface area contributed by atoms with Crippen LogP contribution < -0.4 is 5.32 Å². The summed E-state index contributed by atoms with van der Waals surface area (Å²) >= 11 is 6.12. The number of hydrogen-bond acceptors (Lipinski definition) is 4. The quantitative estimate of drug-likeness (QED) is 0.644. The summed E-state index contributed by atoms with van der Waals surface area (Å²) in [6, 6.07) is 11.9. The summed E-state index contributed by atoms with van der Waals surface area (Å²) in [5, 5.41) is 6.83. The van der Waals surface area contributed by atoms with E-state index in [1.54, 1.807) is 6.92 Å². The van der Waals surface area contributed by atoms with Crippen LogP contribution in [0.25, 0.3) is 11.3 Å². The summed E-state index contributed by atoms with van der Waals surface area (Å²) in [7, 11) is 4.05. The molecule has 0 fully saturated rings. The van der Waals surface area contributed by atoms with Gasteiger partial charge in [0.05, 0.1) is 10.6 Å². The Kier molecular flexibility index (Phi) is 6.11. The fourth-order valence-electron chi connectivity index (χ4n) is 2.84. The molecular weight excluding hydrogens is 381 g/mol. The van der Waals surface area contributed by atoms with E-state index in [4.69, 9.17) is 16.1 Å². The summed E-state index contributed by atoms with van der Waals surface area (Å²) in [4.78, 5) is 14.9. The molecule has 28 heavy (non-hydrogen) atoms. The first kappa shape index (κ1) is 20.0. The second-order valence-electron chi connectivity index (χ2n) is 6.76. The first-order valence-corrected chi connectivity index (χ1v) is 9.20. The molecule has 5 nitrogen and oxygen atoms in total. The molecule has 1 heterocycles. The van der Waals surface area contributed by atoms with Gasteiger partial charge in [0.25, 0.3) is 5.91 Å². The predicted octanol–water partition coefficient (Wildman–Crippen LogP) is 4.80. The predicted molar refractivity (Wildman–Crippen MR) is 108 cm³/mol. The van der Waals surface area contributed by atoms with Crippen molar-refractivity contribution in [1.82, 2.24) is 10.1 Å². The van der Waals surface area contributed by atoms with Crippen LogP contribution in [0.5, 0.6) is 0 Å². The number of halogens is 2. The van der Waals surface area contributed by atoms with Crippen molar-refractivity contribution in [2.75, 3.05) is 26.0 Å². The number of aryl methyl sites for hydroxylation is 1. The number of benzene rings is 2. The number of nitrogens with one attached hydrogen (secondary N) is 1. The number of rotatable bonds is 6. The molecule has 0 aliphatic carbocycles. The van der Waals surface area contributed by atoms with Crippen molar-refractivity contribution in [3.8, 4) is 11.3 Å². The molecule has 0 unspecified atom stereocenters. The normalized spacial score (nSPS) is 11.1. The lowest BCUT2D eigenvalue weighted by atomic mass is 10.0. The van der Waals surface area contributed by atoms with E-state index in [-0.39, 0.29) is 27.6 Å². The van der Waals surface area contributed by atoms with Crippen molar-refractivity contribution >= 4 is 23.2 Å². The van der Waals surface area contributed by atoms with E-state index in [0.29, 0.717) is 5.69 Å². The first-order chi connectivity index (χ1) is 13.4. The zero-order valence-electron chi connectivity index (χ0n) is 15.9. The van der Waals surface area contributed by atoms with Crippen molar-refractivity contribution in [2.24, 2.45) is 0 Å². The molecule has 146 valence electrons. The Morgan fingerprint density at radius 1 is 1.21 bits per heavy atom. The van der Waals surface area contributed by atoms with E-state index in [1.807, 2.05) is 38.4 Å². The summed E-state index contributed by atoms with van der Waals surface area (Å²) in [5.74, 6) is -0.719. The molecule has 2 aromatic carbocycles. The van der Waals surface area contributed by atoms with Gasteiger partial charge in [-0.05, 0) is 57.3 Å². The van der Waals surface area contributed by atoms with Crippen LogP contribution in [0.15, 0.2) is 47.0 Å². The SMILES string of the molecule is Cc1onc(-c2c(F)cccc2Cl)c1C(=O)Nc1ccc(CCN(C)C)cc1. The van der Waals surface area contributed by atoms with Crippen LogP contribution in [0, 0.1) is 12.7 Å². The van der Waals surface area contributed by atoms with Gasteiger partial charge in [0.2, 0.25) is 0 Å². The van der Waals surface area contributed by atoms with E-state index >= 15 is 0 Å². The summed E-state index contributed by atoms with van der Waals surface area (Å²) in [6.07, 6.45) is 0.919. The number of amides is 1. The Hall–Kier alpha value is -2.70. The molecule has 0 saturated heterocycles. The molecule has 0 bridgehead atoms. The van der Waals surface area contributed by atoms with Crippen molar-refractivity contribution < 1.29 is 13.7 Å². The van der Waals surface area contributed by atoms with Gasteiger partial charge in [0.1, 0.15) is 22.8 Å². The number of hydrogen-bond donors (Lipinski definition) is 1. The van der Waals surface area contributed by atoms with Gasteiger partial charge >= 0.3 is 0 Å².